The third-order valence-corrected chi connectivity index (χ3v) is 2.51. The molecule has 0 aliphatic rings. The highest BCUT2D eigenvalue weighted by Gasteiger charge is 2.10. The summed E-state index contributed by atoms with van der Waals surface area (Å²) in [4.78, 5) is 0. The molecule has 0 saturated carbocycles. The van der Waals surface area contributed by atoms with E-state index >= 15 is 0 Å². The van der Waals surface area contributed by atoms with Gasteiger partial charge >= 0.3 is 0 Å². The van der Waals surface area contributed by atoms with E-state index in [2.05, 4.69) is 5.16 Å². The van der Waals surface area contributed by atoms with Gasteiger partial charge in [-0.15, -0.1) is 0 Å². The molecule has 0 bridgehead atoms. The van der Waals surface area contributed by atoms with Crippen LogP contribution in [-0.2, 0) is 6.61 Å². The number of hydrogen-bond acceptors (Lipinski definition) is 4. The first-order chi connectivity index (χ1) is 8.56. The molecule has 0 aliphatic heterocycles. The van der Waals surface area contributed by atoms with Gasteiger partial charge in [0.15, 0.2) is 5.76 Å². The Kier molecular flexibility index (Phi) is 3.62. The zero-order valence-corrected chi connectivity index (χ0v) is 10.3. The second-order valence-corrected chi connectivity index (χ2v) is 4.19. The van der Waals surface area contributed by atoms with Crippen molar-refractivity contribution in [1.82, 2.24) is 5.16 Å². The molecule has 1 heterocycles. The summed E-state index contributed by atoms with van der Waals surface area (Å²) >= 11 is 0. The van der Waals surface area contributed by atoms with Gasteiger partial charge in [0.1, 0.15) is 18.2 Å². The van der Waals surface area contributed by atoms with Crippen LogP contribution in [0.3, 0.4) is 0 Å². The van der Waals surface area contributed by atoms with Crippen molar-refractivity contribution in [2.24, 2.45) is 5.73 Å². The molecule has 2 aromatic rings. The molecule has 96 valence electrons. The van der Waals surface area contributed by atoms with Crippen molar-refractivity contribution in [2.75, 3.05) is 0 Å². The van der Waals surface area contributed by atoms with Crippen molar-refractivity contribution in [3.05, 3.63) is 47.1 Å². The van der Waals surface area contributed by atoms with Crippen LogP contribution in [0.1, 0.15) is 30.0 Å². The minimum Gasteiger partial charge on any atom is -0.485 e. The molecule has 0 saturated heterocycles. The third-order valence-electron chi connectivity index (χ3n) is 2.51. The highest BCUT2D eigenvalue weighted by atomic mass is 19.1. The monoisotopic (exact) mass is 250 g/mol. The summed E-state index contributed by atoms with van der Waals surface area (Å²) in [5, 5.41) is 3.75. The van der Waals surface area contributed by atoms with E-state index in [-0.39, 0.29) is 18.5 Å². The number of nitrogens with zero attached hydrogens (tertiary/aromatic N) is 1. The number of aromatic nitrogens is 1. The van der Waals surface area contributed by atoms with E-state index in [1.807, 2.05) is 13.8 Å². The van der Waals surface area contributed by atoms with Crippen molar-refractivity contribution in [3.63, 3.8) is 0 Å². The van der Waals surface area contributed by atoms with Gasteiger partial charge in [0.25, 0.3) is 0 Å². The van der Waals surface area contributed by atoms with E-state index in [1.165, 1.54) is 12.1 Å². The molecular formula is C13H15FN2O2. The van der Waals surface area contributed by atoms with Crippen molar-refractivity contribution in [1.29, 1.82) is 0 Å². The Morgan fingerprint density at radius 1 is 1.44 bits per heavy atom. The van der Waals surface area contributed by atoms with Gasteiger partial charge < -0.3 is 15.0 Å². The normalized spacial score (nSPS) is 12.4. The summed E-state index contributed by atoms with van der Waals surface area (Å²) in [7, 11) is 0. The number of hydrogen-bond donors (Lipinski definition) is 1. The van der Waals surface area contributed by atoms with Gasteiger partial charge in [-0.3, -0.25) is 0 Å². The Balaban J connectivity index is 2.15. The van der Waals surface area contributed by atoms with E-state index in [0.717, 1.165) is 11.3 Å². The zero-order valence-electron chi connectivity index (χ0n) is 10.3. The molecule has 0 radical (unpaired) electrons. The first kappa shape index (κ1) is 12.6. The van der Waals surface area contributed by atoms with Crippen LogP contribution in [0.2, 0.25) is 0 Å². The highest BCUT2D eigenvalue weighted by Crippen LogP contribution is 2.25. The average molecular weight is 250 g/mol. The van der Waals surface area contributed by atoms with Crippen molar-refractivity contribution >= 4 is 0 Å². The fourth-order valence-electron chi connectivity index (χ4n) is 1.64. The lowest BCUT2D eigenvalue weighted by Gasteiger charge is -2.13. The van der Waals surface area contributed by atoms with Crippen molar-refractivity contribution in [3.8, 4) is 5.75 Å². The first-order valence-corrected chi connectivity index (χ1v) is 5.66. The molecule has 0 fully saturated rings. The summed E-state index contributed by atoms with van der Waals surface area (Å²) < 4.78 is 23.7. The smallest absolute Gasteiger partial charge is 0.174 e. The van der Waals surface area contributed by atoms with Crippen molar-refractivity contribution in [2.45, 2.75) is 26.5 Å². The van der Waals surface area contributed by atoms with Crippen LogP contribution >= 0.6 is 0 Å². The van der Waals surface area contributed by atoms with Gasteiger partial charge in [0.05, 0.1) is 5.69 Å². The maximum Gasteiger partial charge on any atom is 0.174 e. The number of benzene rings is 1. The van der Waals surface area contributed by atoms with Crippen LogP contribution in [0, 0.1) is 12.7 Å². The number of aryl methyl sites for hydroxylation is 1. The Hall–Kier alpha value is -1.88. The Morgan fingerprint density at radius 2 is 2.22 bits per heavy atom. The lowest BCUT2D eigenvalue weighted by Crippen LogP contribution is -2.08. The first-order valence-electron chi connectivity index (χ1n) is 5.66. The average Bonchev–Trinajstić information content (AvgIpc) is 2.72. The maximum atomic E-state index is 13.2. The fourth-order valence-corrected chi connectivity index (χ4v) is 1.64. The molecule has 5 heteroatoms. The van der Waals surface area contributed by atoms with E-state index in [0.29, 0.717) is 11.5 Å². The zero-order chi connectivity index (χ0) is 13.1. The Bertz CT molecular complexity index is 538. The van der Waals surface area contributed by atoms with Crippen molar-refractivity contribution < 1.29 is 13.7 Å². The summed E-state index contributed by atoms with van der Waals surface area (Å²) in [5.41, 5.74) is 7.33. The highest BCUT2D eigenvalue weighted by molar-refractivity contribution is 5.36. The standard InChI is InChI=1S/C13H15FN2O2/c1-8-5-11(18-16-8)7-17-13-6-10(14)3-4-12(13)9(2)15/h3-6,9H,7,15H2,1-2H3/t9-/m0/s1. The molecule has 1 aromatic heterocycles. The predicted molar refractivity (Wildman–Crippen MR) is 64.6 cm³/mol. The minimum atomic E-state index is -0.358. The summed E-state index contributed by atoms with van der Waals surface area (Å²) in [5.74, 6) is 0.662. The molecule has 0 aliphatic carbocycles. The summed E-state index contributed by atoms with van der Waals surface area (Å²) in [6.45, 7) is 3.84. The van der Waals surface area contributed by atoms with Crippen LogP contribution in [-0.4, -0.2) is 5.16 Å². The van der Waals surface area contributed by atoms with Crippen LogP contribution < -0.4 is 10.5 Å². The molecule has 2 N–H and O–H groups in total. The molecule has 2 rings (SSSR count). The molecule has 0 unspecified atom stereocenters. The number of rotatable bonds is 4. The molecule has 0 amide bonds. The lowest BCUT2D eigenvalue weighted by molar-refractivity contribution is 0.245. The Morgan fingerprint density at radius 3 is 2.83 bits per heavy atom. The third kappa shape index (κ3) is 2.87. The number of halogens is 1. The SMILES string of the molecule is Cc1cc(COc2cc(F)ccc2[C@H](C)N)on1. The van der Waals surface area contributed by atoms with Crippen LogP contribution in [0.4, 0.5) is 4.39 Å². The Labute approximate surface area is 105 Å². The molecule has 1 atom stereocenters. The van der Waals surface area contributed by atoms with E-state index in [1.54, 1.807) is 12.1 Å². The van der Waals surface area contributed by atoms with Gasteiger partial charge in [0, 0.05) is 23.7 Å². The quantitative estimate of drug-likeness (QED) is 0.906. The maximum absolute atomic E-state index is 13.2. The van der Waals surface area contributed by atoms with Gasteiger partial charge in [-0.05, 0) is 19.9 Å². The second kappa shape index (κ2) is 5.18. The minimum absolute atomic E-state index is 0.198. The van der Waals surface area contributed by atoms with Gasteiger partial charge in [0.2, 0.25) is 0 Å². The van der Waals surface area contributed by atoms with Crippen LogP contribution in [0.15, 0.2) is 28.8 Å². The van der Waals surface area contributed by atoms with E-state index < -0.39 is 0 Å². The second-order valence-electron chi connectivity index (χ2n) is 4.19. The number of nitrogens with two attached hydrogens (primary N) is 1. The largest absolute Gasteiger partial charge is 0.485 e. The van der Waals surface area contributed by atoms with E-state index in [9.17, 15) is 4.39 Å². The predicted octanol–water partition coefficient (Wildman–Crippen LogP) is 2.72. The molecule has 18 heavy (non-hydrogen) atoms. The van der Waals surface area contributed by atoms with Crippen LogP contribution in [0.5, 0.6) is 5.75 Å². The van der Waals surface area contributed by atoms with Gasteiger partial charge in [-0.2, -0.15) is 0 Å². The van der Waals surface area contributed by atoms with Crippen LogP contribution in [0.25, 0.3) is 0 Å². The molecule has 4 nitrogen and oxygen atoms in total. The molecular weight excluding hydrogens is 235 g/mol. The number of ether oxygens (including phenoxy) is 1. The molecule has 1 aromatic carbocycles. The lowest BCUT2D eigenvalue weighted by atomic mass is 10.1. The summed E-state index contributed by atoms with van der Waals surface area (Å²) in [6.07, 6.45) is 0. The molecule has 0 spiro atoms. The summed E-state index contributed by atoms with van der Waals surface area (Å²) in [6, 6.07) is 5.86. The fraction of sp³-hybridized carbons (Fsp3) is 0.308. The topological polar surface area (TPSA) is 61.3 Å². The van der Waals surface area contributed by atoms with E-state index in [4.69, 9.17) is 15.0 Å². The van der Waals surface area contributed by atoms with Gasteiger partial charge in [-0.1, -0.05) is 11.2 Å². The van der Waals surface area contributed by atoms with Gasteiger partial charge in [-0.25, -0.2) is 4.39 Å².